The van der Waals surface area contributed by atoms with E-state index in [9.17, 15) is 18.0 Å². The first-order valence-corrected chi connectivity index (χ1v) is 3.79. The van der Waals surface area contributed by atoms with Crippen LogP contribution in [0.1, 0.15) is 22.5 Å². The van der Waals surface area contributed by atoms with E-state index >= 15 is 0 Å². The summed E-state index contributed by atoms with van der Waals surface area (Å²) in [6.45, 7) is 0. The molecule has 1 aromatic heterocycles. The smallest absolute Gasteiger partial charge is 0.358 e. The fourth-order valence-corrected chi connectivity index (χ4v) is 0.998. The van der Waals surface area contributed by atoms with Gasteiger partial charge < -0.3 is 10.5 Å². The molecule has 1 aromatic rings. The van der Waals surface area contributed by atoms with Crippen LogP contribution in [0, 0.1) is 5.82 Å². The largest absolute Gasteiger partial charge is 0.464 e. The number of nitrogen functional groups attached to an aromatic ring is 1. The number of halogens is 3. The van der Waals surface area contributed by atoms with Crippen molar-refractivity contribution >= 4 is 11.7 Å². The topological polar surface area (TPSA) is 65.2 Å². The molecular formula is C8H7F3N2O2. The third-order valence-electron chi connectivity index (χ3n) is 1.71. The molecular weight excluding hydrogens is 213 g/mol. The van der Waals surface area contributed by atoms with Gasteiger partial charge in [0.1, 0.15) is 0 Å². The number of anilines is 1. The number of hydrogen-bond acceptors (Lipinski definition) is 4. The van der Waals surface area contributed by atoms with E-state index in [1.165, 1.54) is 0 Å². The minimum Gasteiger partial charge on any atom is -0.464 e. The molecule has 0 amide bonds. The molecule has 0 aromatic carbocycles. The van der Waals surface area contributed by atoms with Gasteiger partial charge in [0.2, 0.25) is 0 Å². The van der Waals surface area contributed by atoms with E-state index in [4.69, 9.17) is 5.73 Å². The molecule has 0 aliphatic heterocycles. The Morgan fingerprint density at radius 1 is 1.60 bits per heavy atom. The molecule has 0 aliphatic rings. The van der Waals surface area contributed by atoms with Crippen LogP contribution in [0.25, 0.3) is 0 Å². The summed E-state index contributed by atoms with van der Waals surface area (Å²) in [6, 6.07) is 0. The predicted molar refractivity (Wildman–Crippen MR) is 44.9 cm³/mol. The summed E-state index contributed by atoms with van der Waals surface area (Å²) < 4.78 is 41.8. The number of hydrogen-bond donors (Lipinski definition) is 1. The number of pyridine rings is 1. The minimum absolute atomic E-state index is 0.504. The molecule has 2 N–H and O–H groups in total. The number of alkyl halides is 2. The summed E-state index contributed by atoms with van der Waals surface area (Å²) >= 11 is 0. The van der Waals surface area contributed by atoms with Crippen LogP contribution in [0.5, 0.6) is 0 Å². The van der Waals surface area contributed by atoms with Gasteiger partial charge in [-0.3, -0.25) is 0 Å². The maximum Gasteiger partial charge on any atom is 0.358 e. The second-order valence-electron chi connectivity index (χ2n) is 2.57. The lowest BCUT2D eigenvalue weighted by Gasteiger charge is -2.08. The van der Waals surface area contributed by atoms with Crippen LogP contribution in [0.3, 0.4) is 0 Å². The van der Waals surface area contributed by atoms with E-state index in [1.54, 1.807) is 0 Å². The lowest BCUT2D eigenvalue weighted by atomic mass is 10.1. The molecule has 1 rings (SSSR count). The molecule has 0 aliphatic carbocycles. The van der Waals surface area contributed by atoms with Crippen molar-refractivity contribution in [3.8, 4) is 0 Å². The summed E-state index contributed by atoms with van der Waals surface area (Å²) in [6.07, 6.45) is -2.61. The molecule has 15 heavy (non-hydrogen) atoms. The summed E-state index contributed by atoms with van der Waals surface area (Å²) in [5.41, 5.74) is 2.92. The normalized spacial score (nSPS) is 10.5. The zero-order valence-electron chi connectivity index (χ0n) is 7.63. The molecule has 82 valence electrons. The zero-order chi connectivity index (χ0) is 11.6. The van der Waals surface area contributed by atoms with Gasteiger partial charge in [-0.1, -0.05) is 0 Å². The van der Waals surface area contributed by atoms with Crippen molar-refractivity contribution in [2.45, 2.75) is 6.43 Å². The van der Waals surface area contributed by atoms with E-state index in [2.05, 4.69) is 9.72 Å². The van der Waals surface area contributed by atoms with Gasteiger partial charge in [0.05, 0.1) is 24.6 Å². The Balaban J connectivity index is 3.35. The zero-order valence-corrected chi connectivity index (χ0v) is 7.63. The van der Waals surface area contributed by atoms with Gasteiger partial charge in [0, 0.05) is 0 Å². The van der Waals surface area contributed by atoms with Gasteiger partial charge in [-0.15, -0.1) is 0 Å². The number of carbonyl (C=O) groups is 1. The first kappa shape index (κ1) is 11.3. The molecule has 0 fully saturated rings. The standard InChI is InChI=1S/C8H7F3N2O2/c1-15-8(14)6-5(12)4(7(10)11)3(9)2-13-6/h2,7H,12H2,1H3. The van der Waals surface area contributed by atoms with E-state index < -0.39 is 35.2 Å². The minimum atomic E-state index is -3.11. The van der Waals surface area contributed by atoms with Crippen molar-refractivity contribution in [2.75, 3.05) is 12.8 Å². The molecule has 0 radical (unpaired) electrons. The van der Waals surface area contributed by atoms with Crippen molar-refractivity contribution in [1.29, 1.82) is 0 Å². The Morgan fingerprint density at radius 3 is 2.67 bits per heavy atom. The van der Waals surface area contributed by atoms with Crippen molar-refractivity contribution in [1.82, 2.24) is 4.98 Å². The molecule has 0 atom stereocenters. The Hall–Kier alpha value is -1.79. The lowest BCUT2D eigenvalue weighted by molar-refractivity contribution is 0.0594. The third-order valence-corrected chi connectivity index (χ3v) is 1.71. The monoisotopic (exact) mass is 220 g/mol. The number of nitrogens with two attached hydrogens (primary N) is 1. The van der Waals surface area contributed by atoms with Crippen molar-refractivity contribution in [2.24, 2.45) is 0 Å². The summed E-state index contributed by atoms with van der Waals surface area (Å²) in [4.78, 5) is 14.3. The molecule has 0 bridgehead atoms. The van der Waals surface area contributed by atoms with Gasteiger partial charge in [-0.05, 0) is 0 Å². The van der Waals surface area contributed by atoms with E-state index in [0.29, 0.717) is 6.20 Å². The first-order chi connectivity index (χ1) is 6.99. The van der Waals surface area contributed by atoms with Crippen LogP contribution < -0.4 is 5.73 Å². The van der Waals surface area contributed by atoms with Crippen molar-refractivity contribution in [3.05, 3.63) is 23.3 Å². The van der Waals surface area contributed by atoms with Crippen LogP contribution in [-0.2, 0) is 4.74 Å². The Kier molecular flexibility index (Phi) is 3.13. The summed E-state index contributed by atoms with van der Waals surface area (Å²) in [5.74, 6) is -2.25. The van der Waals surface area contributed by atoms with Crippen molar-refractivity contribution in [3.63, 3.8) is 0 Å². The maximum absolute atomic E-state index is 12.9. The number of carbonyl (C=O) groups excluding carboxylic acids is 1. The van der Waals surface area contributed by atoms with Crippen LogP contribution in [0.2, 0.25) is 0 Å². The average molecular weight is 220 g/mol. The highest BCUT2D eigenvalue weighted by Crippen LogP contribution is 2.29. The van der Waals surface area contributed by atoms with Gasteiger partial charge >= 0.3 is 5.97 Å². The summed E-state index contributed by atoms with van der Waals surface area (Å²) in [7, 11) is 1.04. The number of rotatable bonds is 2. The van der Waals surface area contributed by atoms with Gasteiger partial charge in [-0.2, -0.15) is 0 Å². The van der Waals surface area contributed by atoms with Crippen LogP contribution in [0.4, 0.5) is 18.9 Å². The van der Waals surface area contributed by atoms with Gasteiger partial charge in [-0.25, -0.2) is 22.9 Å². The SMILES string of the molecule is COC(=O)c1ncc(F)c(C(F)F)c1N. The quantitative estimate of drug-likeness (QED) is 0.767. The van der Waals surface area contributed by atoms with Crippen molar-refractivity contribution < 1.29 is 22.7 Å². The Bertz CT molecular complexity index is 396. The van der Waals surface area contributed by atoms with Crippen LogP contribution in [0.15, 0.2) is 6.20 Å². The molecule has 0 spiro atoms. The Labute approximate surface area is 82.9 Å². The van der Waals surface area contributed by atoms with Gasteiger partial charge in [0.15, 0.2) is 11.5 Å². The highest BCUT2D eigenvalue weighted by atomic mass is 19.3. The highest BCUT2D eigenvalue weighted by molar-refractivity contribution is 5.93. The molecule has 0 unspecified atom stereocenters. The Morgan fingerprint density at radius 2 is 2.20 bits per heavy atom. The number of aromatic nitrogens is 1. The predicted octanol–water partition coefficient (Wildman–Crippen LogP) is 1.53. The second kappa shape index (κ2) is 4.16. The van der Waals surface area contributed by atoms with E-state index in [0.717, 1.165) is 7.11 Å². The average Bonchev–Trinajstić information content (AvgIpc) is 2.16. The molecule has 7 heteroatoms. The number of esters is 1. The molecule has 4 nitrogen and oxygen atoms in total. The fraction of sp³-hybridized carbons (Fsp3) is 0.250. The second-order valence-corrected chi connectivity index (χ2v) is 2.57. The maximum atomic E-state index is 12.9. The van der Waals surface area contributed by atoms with Crippen LogP contribution >= 0.6 is 0 Å². The lowest BCUT2D eigenvalue weighted by Crippen LogP contribution is -2.12. The highest BCUT2D eigenvalue weighted by Gasteiger charge is 2.23. The molecule has 1 heterocycles. The van der Waals surface area contributed by atoms with E-state index in [1.807, 2.05) is 0 Å². The number of nitrogens with zero attached hydrogens (tertiary/aromatic N) is 1. The molecule has 0 saturated heterocycles. The fourth-order valence-electron chi connectivity index (χ4n) is 0.998. The van der Waals surface area contributed by atoms with E-state index in [-0.39, 0.29) is 0 Å². The number of methoxy groups -OCH3 is 1. The van der Waals surface area contributed by atoms with Crippen LogP contribution in [-0.4, -0.2) is 18.1 Å². The number of ether oxygens (including phenoxy) is 1. The molecule has 0 saturated carbocycles. The first-order valence-electron chi connectivity index (χ1n) is 3.79. The summed E-state index contributed by atoms with van der Waals surface area (Å²) in [5, 5.41) is 0. The third kappa shape index (κ3) is 2.00. The van der Waals surface area contributed by atoms with Gasteiger partial charge in [0.25, 0.3) is 6.43 Å².